The van der Waals surface area contributed by atoms with Gasteiger partial charge >= 0.3 is 37.7 Å². The van der Waals surface area contributed by atoms with Crippen LogP contribution in [-0.2, 0) is 0 Å². The van der Waals surface area contributed by atoms with Gasteiger partial charge in [0.25, 0.3) is 0 Å². The maximum absolute atomic E-state index is 8.11. The minimum atomic E-state index is 0. The molecule has 0 aliphatic rings. The summed E-state index contributed by atoms with van der Waals surface area (Å²) in [4.78, 5) is 8.11. The van der Waals surface area contributed by atoms with E-state index in [-0.39, 0.29) is 48.7 Å². The van der Waals surface area contributed by atoms with Crippen LogP contribution in [0.2, 0.25) is 0 Å². The van der Waals surface area contributed by atoms with Gasteiger partial charge in [0.15, 0.2) is 5.34 Å². The molecule has 0 heterocycles. The van der Waals surface area contributed by atoms with Gasteiger partial charge in [0.2, 0.25) is 0 Å². The van der Waals surface area contributed by atoms with E-state index < -0.39 is 0 Å². The van der Waals surface area contributed by atoms with Gasteiger partial charge in [0.05, 0.1) is 0 Å². The summed E-state index contributed by atoms with van der Waals surface area (Å²) >= 11 is 0. The zero-order valence-corrected chi connectivity index (χ0v) is 2.80. The van der Waals surface area contributed by atoms with Crippen LogP contribution in [0.5, 0.6) is 0 Å². The molecule has 0 aliphatic heterocycles. The van der Waals surface area contributed by atoms with E-state index in [1.165, 1.54) is 5.34 Å². The third kappa shape index (κ3) is 52.5. The average molecular weight is 117 g/mol. The monoisotopic (exact) mass is 117 g/mol. The number of hydrogen-bond donors (Lipinski definition) is 1. The zero-order chi connectivity index (χ0) is 2.71. The van der Waals surface area contributed by atoms with Crippen LogP contribution in [0.3, 0.4) is 0 Å². The first-order chi connectivity index (χ1) is 1.41. The van der Waals surface area contributed by atoms with Crippen LogP contribution < -0.4 is 0 Å². The van der Waals surface area contributed by atoms with Gasteiger partial charge in [-0.15, -0.1) is 4.91 Å². The van der Waals surface area contributed by atoms with E-state index in [1.807, 2.05) is 0 Å². The Balaban J connectivity index is -0.0000000200. The molecule has 0 aromatic carbocycles. The molecule has 26 valence electrons. The first kappa shape index (κ1) is 16.9. The Hall–Kier alpha value is 0.877. The molecule has 5 heavy (non-hydrogen) atoms. The number of rotatable bonds is 0. The van der Waals surface area contributed by atoms with Crippen LogP contribution >= 0.6 is 0 Å². The normalized spacial score (nSPS) is 2.40. The van der Waals surface area contributed by atoms with Crippen molar-refractivity contribution in [2.45, 2.75) is 0 Å². The third-order valence-corrected chi connectivity index (χ3v) is 0. The van der Waals surface area contributed by atoms with E-state index in [1.54, 1.807) is 0 Å². The van der Waals surface area contributed by atoms with E-state index in [4.69, 9.17) is 10.1 Å². The molecule has 0 atom stereocenters. The Bertz CT molecular complexity index is 17.1. The van der Waals surface area contributed by atoms with E-state index in [9.17, 15) is 0 Å². The second-order valence-electron chi connectivity index (χ2n) is 0.0816. The molecule has 0 bridgehead atoms. The van der Waals surface area contributed by atoms with E-state index >= 15 is 0 Å². The summed E-state index contributed by atoms with van der Waals surface area (Å²) in [5.74, 6) is 0. The third-order valence-electron chi connectivity index (χ3n) is 0. The number of hydrogen-bond acceptors (Lipinski definition) is 2. The fourth-order valence-corrected chi connectivity index (χ4v) is 0. The summed E-state index contributed by atoms with van der Waals surface area (Å²) < 4.78 is 0. The predicted octanol–water partition coefficient (Wildman–Crippen LogP) is -1.16. The van der Waals surface area contributed by atoms with Gasteiger partial charge in [-0.3, -0.25) is 0 Å². The van der Waals surface area contributed by atoms with Crippen LogP contribution in [-0.4, -0.2) is 53.9 Å². The molecule has 4 radical (unpaired) electrons. The molecule has 0 rings (SSSR count). The van der Waals surface area contributed by atoms with E-state index in [2.05, 4.69) is 0 Å². The maximum atomic E-state index is 8.11. The smallest absolute Gasteiger partial charge is 0 e. The molecule has 0 unspecified atom stereocenters. The van der Waals surface area contributed by atoms with Crippen molar-refractivity contribution < 1.29 is 5.21 Å². The van der Waals surface area contributed by atoms with Gasteiger partial charge in [0.1, 0.15) is 0 Å². The van der Waals surface area contributed by atoms with Gasteiger partial charge in [-0.05, 0) is 0 Å². The summed E-state index contributed by atoms with van der Waals surface area (Å²) in [6.45, 7) is 0. The van der Waals surface area contributed by atoms with Crippen LogP contribution in [0.25, 0.3) is 0 Å². The molecule has 0 saturated heterocycles. The summed E-state index contributed by atoms with van der Waals surface area (Å²) in [5.41, 5.74) is 0. The van der Waals surface area contributed by atoms with Crippen molar-refractivity contribution in [1.82, 2.24) is 0 Å². The van der Waals surface area contributed by atoms with Gasteiger partial charge < -0.3 is 5.21 Å². The molecule has 0 spiro atoms. The molecule has 0 aromatic rings. The Kier molecular flexibility index (Phi) is 70.3. The first-order valence-electron chi connectivity index (χ1n) is 0.383. The van der Waals surface area contributed by atoms with Crippen molar-refractivity contribution in [1.29, 1.82) is 0 Å². The molecule has 1 N–H and O–H groups in total. The molecule has 0 aliphatic carbocycles. The van der Waals surface area contributed by atoms with Crippen LogP contribution in [0.4, 0.5) is 0 Å². The van der Waals surface area contributed by atoms with Crippen molar-refractivity contribution in [2.24, 2.45) is 5.34 Å². The molecule has 0 aromatic heterocycles. The van der Waals surface area contributed by atoms with E-state index in [0.717, 1.165) is 0 Å². The summed E-state index contributed by atoms with van der Waals surface area (Å²) in [6.07, 6.45) is 0. The Morgan fingerprint density at radius 2 is 1.60 bits per heavy atom. The molecule has 0 fully saturated rings. The summed E-state index contributed by atoms with van der Waals surface area (Å²) in [7, 11) is 0. The number of nitrogens with zero attached hydrogens (tertiary/aromatic N) is 1. The van der Waals surface area contributed by atoms with Crippen molar-refractivity contribution in [3.63, 3.8) is 0 Å². The van der Waals surface area contributed by atoms with Crippen molar-refractivity contribution in [2.75, 3.05) is 0 Å². The first-order valence-corrected chi connectivity index (χ1v) is 0.383. The topological polar surface area (TPSA) is 49.7 Å². The molecule has 0 saturated carbocycles. The largest absolute Gasteiger partial charge is 0 e. The molecule has 5 heteroatoms. The standard InChI is InChI=1S/Ca.HNO2.Si.2H/c;2-1-3;;;/h;(H,2,3);;;. The van der Waals surface area contributed by atoms with Gasteiger partial charge in [-0.25, -0.2) is 0 Å². The summed E-state index contributed by atoms with van der Waals surface area (Å²) in [6, 6.07) is 0. The molecular weight excluding hydrogens is 114 g/mol. The maximum Gasteiger partial charge on any atom is 0 e. The van der Waals surface area contributed by atoms with Crippen molar-refractivity contribution in [3.8, 4) is 0 Å². The van der Waals surface area contributed by atoms with Crippen LogP contribution in [0.1, 0.15) is 0 Å². The van der Waals surface area contributed by atoms with Crippen molar-refractivity contribution in [3.05, 3.63) is 4.91 Å². The summed E-state index contributed by atoms with van der Waals surface area (Å²) in [5, 5.41) is 7.89. The average Bonchev–Trinajstić information content (AvgIpc) is 0.918. The Morgan fingerprint density at radius 3 is 1.60 bits per heavy atom. The quantitative estimate of drug-likeness (QED) is 0.247. The minimum absolute atomic E-state index is 0. The zero-order valence-electron chi connectivity index (χ0n) is 1.80. The fraction of sp³-hybridized carbons (Fsp3) is 0. The molecule has 3 nitrogen and oxygen atoms in total. The molecule has 0 amide bonds. The SMILES string of the molecule is O=NO.[CaH2].[Si]. The Morgan fingerprint density at radius 1 is 1.60 bits per heavy atom. The second-order valence-corrected chi connectivity index (χ2v) is 0.0816. The van der Waals surface area contributed by atoms with Gasteiger partial charge in [-0.1, -0.05) is 0 Å². The van der Waals surface area contributed by atoms with Crippen LogP contribution in [0, 0.1) is 4.91 Å². The Labute approximate surface area is 63.7 Å². The van der Waals surface area contributed by atoms with Crippen LogP contribution in [0.15, 0.2) is 5.34 Å². The minimum Gasteiger partial charge on any atom is 0 e. The van der Waals surface area contributed by atoms with Gasteiger partial charge in [-0.2, -0.15) is 0 Å². The second kappa shape index (κ2) is 20.8. The fourth-order valence-electron chi connectivity index (χ4n) is 0. The van der Waals surface area contributed by atoms with E-state index in [0.29, 0.717) is 0 Å². The van der Waals surface area contributed by atoms with Gasteiger partial charge in [0, 0.05) is 11.0 Å². The predicted molar refractivity (Wildman–Crippen MR) is 21.9 cm³/mol. The molecular formula is H3CaNO2Si. The van der Waals surface area contributed by atoms with Crippen molar-refractivity contribution >= 4 is 48.7 Å².